The van der Waals surface area contributed by atoms with E-state index in [0.29, 0.717) is 32.5 Å². The van der Waals surface area contributed by atoms with Gasteiger partial charge in [-0.3, -0.25) is 14.4 Å². The van der Waals surface area contributed by atoms with Crippen LogP contribution in [0.25, 0.3) is 0 Å². The Morgan fingerprint density at radius 1 is 0.875 bits per heavy atom. The second kappa shape index (κ2) is 8.41. The fraction of sp³-hybridized carbons (Fsp3) is 0.423. The molecule has 0 unspecified atom stereocenters. The second-order valence-corrected chi connectivity index (χ2v) is 9.21. The number of carbonyl (C=O) groups excluding carboxylic acids is 3. The van der Waals surface area contributed by atoms with Crippen LogP contribution in [0.4, 0.5) is 11.4 Å². The van der Waals surface area contributed by atoms with Gasteiger partial charge in [0.15, 0.2) is 0 Å². The molecule has 3 aliphatic heterocycles. The molecule has 0 aromatic heterocycles. The maximum absolute atomic E-state index is 13.1. The lowest BCUT2D eigenvalue weighted by Gasteiger charge is -2.34. The van der Waals surface area contributed by atoms with E-state index in [1.54, 1.807) is 4.90 Å². The molecule has 0 spiro atoms. The predicted molar refractivity (Wildman–Crippen MR) is 123 cm³/mol. The molecule has 6 heteroatoms. The van der Waals surface area contributed by atoms with E-state index in [2.05, 4.69) is 6.07 Å². The molecule has 166 valence electrons. The van der Waals surface area contributed by atoms with Gasteiger partial charge in [0, 0.05) is 49.9 Å². The molecule has 6 nitrogen and oxygen atoms in total. The molecule has 0 bridgehead atoms. The minimum Gasteiger partial charge on any atom is -0.342 e. The number of aryl methyl sites for hydroxylation is 1. The number of hydrogen-bond donors (Lipinski definition) is 0. The molecule has 0 radical (unpaired) electrons. The molecule has 3 heterocycles. The van der Waals surface area contributed by atoms with Crippen LogP contribution < -0.4 is 9.80 Å². The van der Waals surface area contributed by atoms with Gasteiger partial charge in [0.1, 0.15) is 0 Å². The van der Waals surface area contributed by atoms with Crippen molar-refractivity contribution in [1.82, 2.24) is 4.90 Å². The Balaban J connectivity index is 1.18. The van der Waals surface area contributed by atoms with E-state index in [1.165, 1.54) is 5.56 Å². The summed E-state index contributed by atoms with van der Waals surface area (Å²) in [5, 5.41) is 0. The topological polar surface area (TPSA) is 60.9 Å². The number of nitrogens with zero attached hydrogens (tertiary/aromatic N) is 3. The van der Waals surface area contributed by atoms with Crippen molar-refractivity contribution in [2.45, 2.75) is 32.6 Å². The molecule has 2 aromatic carbocycles. The van der Waals surface area contributed by atoms with Crippen molar-refractivity contribution >= 4 is 29.1 Å². The number of anilines is 2. The molecule has 2 fully saturated rings. The summed E-state index contributed by atoms with van der Waals surface area (Å²) < 4.78 is 0. The highest BCUT2D eigenvalue weighted by atomic mass is 16.2. The zero-order valence-electron chi connectivity index (χ0n) is 18.5. The molecule has 5 rings (SSSR count). The maximum atomic E-state index is 13.1. The fourth-order valence-electron chi connectivity index (χ4n) is 5.24. The Bertz CT molecular complexity index is 1040. The molecular weight excluding hydrogens is 402 g/mol. The number of piperidine rings is 1. The minimum absolute atomic E-state index is 0.00460. The van der Waals surface area contributed by atoms with Gasteiger partial charge in [0.25, 0.3) is 0 Å². The van der Waals surface area contributed by atoms with Crippen molar-refractivity contribution in [3.8, 4) is 0 Å². The Labute approximate surface area is 188 Å². The summed E-state index contributed by atoms with van der Waals surface area (Å²) in [7, 11) is 0. The average Bonchev–Trinajstić information content (AvgIpc) is 3.42. The number of hydrogen-bond acceptors (Lipinski definition) is 3. The maximum Gasteiger partial charge on any atom is 0.230 e. The number of amides is 3. The summed E-state index contributed by atoms with van der Waals surface area (Å²) >= 11 is 0. The smallest absolute Gasteiger partial charge is 0.230 e. The van der Waals surface area contributed by atoms with Gasteiger partial charge in [-0.25, -0.2) is 0 Å². The molecule has 32 heavy (non-hydrogen) atoms. The largest absolute Gasteiger partial charge is 0.342 e. The van der Waals surface area contributed by atoms with Gasteiger partial charge >= 0.3 is 0 Å². The van der Waals surface area contributed by atoms with Crippen LogP contribution in [-0.4, -0.2) is 48.8 Å². The van der Waals surface area contributed by atoms with Gasteiger partial charge < -0.3 is 14.7 Å². The molecule has 0 aliphatic carbocycles. The average molecular weight is 432 g/mol. The van der Waals surface area contributed by atoms with Crippen molar-refractivity contribution in [2.24, 2.45) is 11.8 Å². The van der Waals surface area contributed by atoms with E-state index in [4.69, 9.17) is 0 Å². The standard InChI is InChI=1S/C26H29N3O3/c1-18-6-8-22(9-7-18)29-17-21(16-24(29)30)25(31)27-13-10-20(11-14-27)26(32)28-15-12-19-4-2-3-5-23(19)28/h2-9,20-21H,10-17H2,1H3/t21-/m1/s1. The molecule has 0 saturated carbocycles. The fourth-order valence-corrected chi connectivity index (χ4v) is 5.24. The van der Waals surface area contributed by atoms with Gasteiger partial charge in [-0.1, -0.05) is 35.9 Å². The first-order valence-electron chi connectivity index (χ1n) is 11.6. The normalized spacial score (nSPS) is 21.2. The first kappa shape index (κ1) is 20.7. The van der Waals surface area contributed by atoms with E-state index >= 15 is 0 Å². The molecule has 3 aliphatic rings. The predicted octanol–water partition coefficient (Wildman–Crippen LogP) is 3.18. The molecule has 1 atom stereocenters. The second-order valence-electron chi connectivity index (χ2n) is 9.21. The van der Waals surface area contributed by atoms with E-state index in [0.717, 1.165) is 29.9 Å². The Morgan fingerprint density at radius 2 is 1.59 bits per heavy atom. The zero-order valence-corrected chi connectivity index (χ0v) is 18.5. The van der Waals surface area contributed by atoms with E-state index in [1.807, 2.05) is 59.2 Å². The van der Waals surface area contributed by atoms with Crippen LogP contribution in [-0.2, 0) is 20.8 Å². The lowest BCUT2D eigenvalue weighted by atomic mass is 9.94. The first-order valence-corrected chi connectivity index (χ1v) is 11.6. The van der Waals surface area contributed by atoms with Gasteiger partial charge in [0.05, 0.1) is 5.92 Å². The highest BCUT2D eigenvalue weighted by molar-refractivity contribution is 6.00. The number of benzene rings is 2. The van der Waals surface area contributed by atoms with Crippen molar-refractivity contribution in [3.63, 3.8) is 0 Å². The number of para-hydroxylation sites is 1. The van der Waals surface area contributed by atoms with Crippen LogP contribution in [0.5, 0.6) is 0 Å². The van der Waals surface area contributed by atoms with E-state index < -0.39 is 0 Å². The third-order valence-corrected chi connectivity index (χ3v) is 7.13. The van der Waals surface area contributed by atoms with Crippen molar-refractivity contribution in [3.05, 3.63) is 59.7 Å². The Hall–Kier alpha value is -3.15. The van der Waals surface area contributed by atoms with Gasteiger partial charge in [-0.2, -0.15) is 0 Å². The van der Waals surface area contributed by atoms with Gasteiger partial charge in [0.2, 0.25) is 17.7 Å². The first-order chi connectivity index (χ1) is 15.5. The number of fused-ring (bicyclic) bond motifs is 1. The van der Waals surface area contributed by atoms with E-state index in [9.17, 15) is 14.4 Å². The van der Waals surface area contributed by atoms with Crippen LogP contribution in [0.2, 0.25) is 0 Å². The summed E-state index contributed by atoms with van der Waals surface area (Å²) in [5.74, 6) is -0.111. The van der Waals surface area contributed by atoms with Crippen LogP contribution in [0.3, 0.4) is 0 Å². The molecule has 2 aromatic rings. The highest BCUT2D eigenvalue weighted by Gasteiger charge is 2.39. The zero-order chi connectivity index (χ0) is 22.2. The monoisotopic (exact) mass is 431 g/mol. The molecule has 2 saturated heterocycles. The lowest BCUT2D eigenvalue weighted by molar-refractivity contribution is -0.138. The van der Waals surface area contributed by atoms with Crippen LogP contribution >= 0.6 is 0 Å². The SMILES string of the molecule is Cc1ccc(N2C[C@H](C(=O)N3CCC(C(=O)N4CCc5ccccc54)CC3)CC2=O)cc1. The summed E-state index contributed by atoms with van der Waals surface area (Å²) in [4.78, 5) is 44.3. The summed E-state index contributed by atoms with van der Waals surface area (Å²) in [6.45, 7) is 4.36. The van der Waals surface area contributed by atoms with Crippen LogP contribution in [0, 0.1) is 18.8 Å². The Morgan fingerprint density at radius 3 is 2.34 bits per heavy atom. The summed E-state index contributed by atoms with van der Waals surface area (Å²) in [5.41, 5.74) is 4.27. The van der Waals surface area contributed by atoms with Crippen molar-refractivity contribution in [1.29, 1.82) is 0 Å². The van der Waals surface area contributed by atoms with Gasteiger partial charge in [-0.05, 0) is 49.9 Å². The van der Waals surface area contributed by atoms with Crippen LogP contribution in [0.15, 0.2) is 48.5 Å². The lowest BCUT2D eigenvalue weighted by Crippen LogP contribution is -2.46. The third kappa shape index (κ3) is 3.78. The number of carbonyl (C=O) groups is 3. The third-order valence-electron chi connectivity index (χ3n) is 7.13. The molecule has 0 N–H and O–H groups in total. The summed E-state index contributed by atoms with van der Waals surface area (Å²) in [6.07, 6.45) is 2.54. The Kier molecular flexibility index (Phi) is 5.45. The quantitative estimate of drug-likeness (QED) is 0.750. The van der Waals surface area contributed by atoms with E-state index in [-0.39, 0.29) is 36.0 Å². The number of likely N-dealkylation sites (tertiary alicyclic amines) is 1. The number of rotatable bonds is 3. The summed E-state index contributed by atoms with van der Waals surface area (Å²) in [6, 6.07) is 16.0. The molecular formula is C26H29N3O3. The van der Waals surface area contributed by atoms with Crippen LogP contribution in [0.1, 0.15) is 30.4 Å². The van der Waals surface area contributed by atoms with Crippen molar-refractivity contribution < 1.29 is 14.4 Å². The highest BCUT2D eigenvalue weighted by Crippen LogP contribution is 2.32. The minimum atomic E-state index is -0.304. The molecule has 3 amide bonds. The van der Waals surface area contributed by atoms with Crippen molar-refractivity contribution in [2.75, 3.05) is 36.0 Å². The van der Waals surface area contributed by atoms with Gasteiger partial charge in [-0.15, -0.1) is 0 Å².